The predicted molar refractivity (Wildman–Crippen MR) is 140 cm³/mol. The Hall–Kier alpha value is -1.63. The van der Waals surface area contributed by atoms with Gasteiger partial charge in [-0.2, -0.15) is 0 Å². The third-order valence-corrected chi connectivity index (χ3v) is 8.11. The standard InChI is InChI=1S/C29H51NO6/c1-4-5-6-7-8-9-10-11-12-13-14-15-16-17-18-21-29(2)26(32)23(27(33)36-29)22-30-24(28(34)35-3)19-20-25(30)31/h23-24,26,32H,4-22H2,1-3H3/t23-,24+,26+,29-/m1/s1. The lowest BCUT2D eigenvalue weighted by atomic mass is 9.87. The van der Waals surface area contributed by atoms with Crippen LogP contribution in [-0.4, -0.2) is 59.3 Å². The van der Waals surface area contributed by atoms with Gasteiger partial charge in [0.1, 0.15) is 23.7 Å². The number of aliphatic hydroxyl groups excluding tert-OH is 1. The highest BCUT2D eigenvalue weighted by Gasteiger charge is 2.53. The Morgan fingerprint density at radius 3 is 1.94 bits per heavy atom. The zero-order valence-electron chi connectivity index (χ0n) is 23.1. The molecule has 0 spiro atoms. The summed E-state index contributed by atoms with van der Waals surface area (Å²) in [6, 6.07) is -0.690. The number of likely N-dealkylation sites (tertiary alicyclic amines) is 1. The maximum Gasteiger partial charge on any atom is 0.328 e. The van der Waals surface area contributed by atoms with Gasteiger partial charge in [-0.15, -0.1) is 0 Å². The van der Waals surface area contributed by atoms with Crippen LogP contribution in [0.3, 0.4) is 0 Å². The number of amides is 1. The molecule has 7 heteroatoms. The first-order valence-electron chi connectivity index (χ1n) is 14.6. The highest BCUT2D eigenvalue weighted by molar-refractivity contribution is 5.88. The first kappa shape index (κ1) is 30.6. The molecule has 2 saturated heterocycles. The summed E-state index contributed by atoms with van der Waals surface area (Å²) in [6.07, 6.45) is 19.5. The quantitative estimate of drug-likeness (QED) is 0.177. The molecule has 1 amide bonds. The van der Waals surface area contributed by atoms with Gasteiger partial charge in [0.2, 0.25) is 5.91 Å². The van der Waals surface area contributed by atoms with Gasteiger partial charge in [-0.1, -0.05) is 96.8 Å². The van der Waals surface area contributed by atoms with E-state index in [9.17, 15) is 19.5 Å². The fourth-order valence-electron chi connectivity index (χ4n) is 5.70. The van der Waals surface area contributed by atoms with Gasteiger partial charge in [-0.05, 0) is 26.2 Å². The monoisotopic (exact) mass is 509 g/mol. The second-order valence-electron chi connectivity index (χ2n) is 11.1. The molecule has 4 atom stereocenters. The van der Waals surface area contributed by atoms with Crippen molar-refractivity contribution in [2.45, 2.75) is 147 Å². The average Bonchev–Trinajstić information content (AvgIpc) is 3.33. The zero-order chi connectivity index (χ0) is 26.4. The summed E-state index contributed by atoms with van der Waals surface area (Å²) in [5.74, 6) is -2.00. The van der Waals surface area contributed by atoms with Crippen molar-refractivity contribution in [3.05, 3.63) is 0 Å². The summed E-state index contributed by atoms with van der Waals surface area (Å²) in [7, 11) is 1.29. The molecule has 36 heavy (non-hydrogen) atoms. The van der Waals surface area contributed by atoms with Gasteiger partial charge in [0.05, 0.1) is 7.11 Å². The fraction of sp³-hybridized carbons (Fsp3) is 0.897. The van der Waals surface area contributed by atoms with Crippen LogP contribution >= 0.6 is 0 Å². The lowest BCUT2D eigenvalue weighted by Gasteiger charge is -2.29. The van der Waals surface area contributed by atoms with E-state index in [1.807, 2.05) is 0 Å². The predicted octanol–water partition coefficient (Wildman–Crippen LogP) is 5.70. The molecule has 2 aliphatic rings. The van der Waals surface area contributed by atoms with Crippen molar-refractivity contribution in [1.29, 1.82) is 0 Å². The Balaban J connectivity index is 1.58. The zero-order valence-corrected chi connectivity index (χ0v) is 23.1. The summed E-state index contributed by atoms with van der Waals surface area (Å²) < 4.78 is 10.4. The number of hydrogen-bond acceptors (Lipinski definition) is 6. The molecule has 2 fully saturated rings. The van der Waals surface area contributed by atoms with Gasteiger partial charge in [0, 0.05) is 13.0 Å². The summed E-state index contributed by atoms with van der Waals surface area (Å²) in [5.41, 5.74) is -0.943. The normalized spacial score (nSPS) is 26.0. The van der Waals surface area contributed by atoms with E-state index in [0.717, 1.165) is 19.3 Å². The van der Waals surface area contributed by atoms with Crippen LogP contribution in [0.4, 0.5) is 0 Å². The van der Waals surface area contributed by atoms with E-state index in [0.29, 0.717) is 12.8 Å². The summed E-state index contributed by atoms with van der Waals surface area (Å²) in [5, 5.41) is 10.9. The van der Waals surface area contributed by atoms with Crippen molar-refractivity contribution in [3.8, 4) is 0 Å². The summed E-state index contributed by atoms with van der Waals surface area (Å²) in [4.78, 5) is 38.2. The molecule has 2 aliphatic heterocycles. The second kappa shape index (κ2) is 16.3. The molecule has 0 bridgehead atoms. The Kier molecular flexibility index (Phi) is 13.8. The molecule has 0 radical (unpaired) electrons. The molecule has 0 aromatic heterocycles. The van der Waals surface area contributed by atoms with Gasteiger partial charge >= 0.3 is 11.9 Å². The van der Waals surface area contributed by atoms with Crippen molar-refractivity contribution in [1.82, 2.24) is 4.90 Å². The smallest absolute Gasteiger partial charge is 0.328 e. The highest BCUT2D eigenvalue weighted by atomic mass is 16.6. The van der Waals surface area contributed by atoms with E-state index < -0.39 is 35.6 Å². The van der Waals surface area contributed by atoms with E-state index in [2.05, 4.69) is 6.92 Å². The third-order valence-electron chi connectivity index (χ3n) is 8.11. The van der Waals surface area contributed by atoms with Crippen molar-refractivity contribution in [2.24, 2.45) is 5.92 Å². The lowest BCUT2D eigenvalue weighted by molar-refractivity contribution is -0.153. The van der Waals surface area contributed by atoms with E-state index in [4.69, 9.17) is 9.47 Å². The SMILES string of the molecule is CCCCCCCCCCCCCCCCC[C@@]1(C)OC(=O)[C@H](CN2C(=O)CC[C@H]2C(=O)OC)[C@@H]1O. The molecule has 0 aliphatic carbocycles. The maximum atomic E-state index is 12.6. The minimum atomic E-state index is -0.997. The first-order valence-corrected chi connectivity index (χ1v) is 14.6. The first-order chi connectivity index (χ1) is 17.3. The van der Waals surface area contributed by atoms with Crippen molar-refractivity contribution < 1.29 is 29.0 Å². The number of cyclic esters (lactones) is 1. The molecule has 1 N–H and O–H groups in total. The van der Waals surface area contributed by atoms with Crippen molar-refractivity contribution >= 4 is 17.8 Å². The van der Waals surface area contributed by atoms with Crippen LogP contribution in [0, 0.1) is 5.92 Å². The van der Waals surface area contributed by atoms with Gasteiger partial charge < -0.3 is 19.5 Å². The number of esters is 2. The Morgan fingerprint density at radius 2 is 1.44 bits per heavy atom. The number of carbonyl (C=O) groups is 3. The molecule has 2 heterocycles. The Labute approximate surface area is 218 Å². The molecule has 0 aromatic rings. The minimum Gasteiger partial charge on any atom is -0.467 e. The van der Waals surface area contributed by atoms with E-state index in [-0.39, 0.29) is 18.9 Å². The number of methoxy groups -OCH3 is 1. The van der Waals surface area contributed by atoms with E-state index in [1.165, 1.54) is 89.1 Å². The number of rotatable bonds is 19. The van der Waals surface area contributed by atoms with Crippen LogP contribution in [0.5, 0.6) is 0 Å². The van der Waals surface area contributed by atoms with Gasteiger partial charge in [-0.25, -0.2) is 4.79 Å². The highest BCUT2D eigenvalue weighted by Crippen LogP contribution is 2.37. The van der Waals surface area contributed by atoms with Crippen LogP contribution in [0.25, 0.3) is 0 Å². The average molecular weight is 510 g/mol. The van der Waals surface area contributed by atoms with Crippen LogP contribution in [-0.2, 0) is 23.9 Å². The van der Waals surface area contributed by atoms with Gasteiger partial charge in [-0.3, -0.25) is 9.59 Å². The Bertz CT molecular complexity index is 683. The molecular formula is C29H51NO6. The second-order valence-corrected chi connectivity index (χ2v) is 11.1. The number of nitrogens with zero attached hydrogens (tertiary/aromatic N) is 1. The summed E-state index contributed by atoms with van der Waals surface area (Å²) >= 11 is 0. The van der Waals surface area contributed by atoms with Gasteiger partial charge in [0.15, 0.2) is 0 Å². The van der Waals surface area contributed by atoms with Crippen molar-refractivity contribution in [3.63, 3.8) is 0 Å². The largest absolute Gasteiger partial charge is 0.467 e. The lowest BCUT2D eigenvalue weighted by Crippen LogP contribution is -2.47. The topological polar surface area (TPSA) is 93.1 Å². The molecule has 0 aromatic carbocycles. The molecule has 208 valence electrons. The number of carbonyl (C=O) groups excluding carboxylic acids is 3. The van der Waals surface area contributed by atoms with Crippen LogP contribution in [0.1, 0.15) is 129 Å². The van der Waals surface area contributed by atoms with Crippen LogP contribution in [0.2, 0.25) is 0 Å². The minimum absolute atomic E-state index is 0.00690. The summed E-state index contributed by atoms with van der Waals surface area (Å²) in [6.45, 7) is 4.04. The number of hydrogen-bond donors (Lipinski definition) is 1. The van der Waals surface area contributed by atoms with Crippen LogP contribution < -0.4 is 0 Å². The molecule has 0 saturated carbocycles. The number of ether oxygens (including phenoxy) is 2. The van der Waals surface area contributed by atoms with Crippen molar-refractivity contribution in [2.75, 3.05) is 13.7 Å². The molecule has 7 nitrogen and oxygen atoms in total. The third kappa shape index (κ3) is 9.35. The molecular weight excluding hydrogens is 458 g/mol. The van der Waals surface area contributed by atoms with Crippen LogP contribution in [0.15, 0.2) is 0 Å². The Morgan fingerprint density at radius 1 is 0.944 bits per heavy atom. The number of aliphatic hydroxyl groups is 1. The van der Waals surface area contributed by atoms with E-state index >= 15 is 0 Å². The molecule has 2 rings (SSSR count). The van der Waals surface area contributed by atoms with E-state index in [1.54, 1.807) is 6.92 Å². The van der Waals surface area contributed by atoms with Gasteiger partial charge in [0.25, 0.3) is 0 Å². The number of unbranched alkanes of at least 4 members (excludes halogenated alkanes) is 14. The fourth-order valence-corrected chi connectivity index (χ4v) is 5.70. The maximum absolute atomic E-state index is 12.6. The molecule has 0 unspecified atom stereocenters.